The molecule has 11 heteroatoms. The van der Waals surface area contributed by atoms with Gasteiger partial charge in [0.1, 0.15) is 5.69 Å². The van der Waals surface area contributed by atoms with Crippen molar-refractivity contribution < 1.29 is 9.63 Å². The molecule has 0 saturated heterocycles. The third-order valence-electron chi connectivity index (χ3n) is 4.24. The van der Waals surface area contributed by atoms with Crippen LogP contribution in [0.25, 0.3) is 27.9 Å². The van der Waals surface area contributed by atoms with Gasteiger partial charge in [-0.3, -0.25) is 15.3 Å². The van der Waals surface area contributed by atoms with Gasteiger partial charge in [0.05, 0.1) is 30.6 Å². The maximum Gasteiger partial charge on any atom is 0.312 e. The van der Waals surface area contributed by atoms with Crippen LogP contribution >= 0.6 is 0 Å². The van der Waals surface area contributed by atoms with Crippen LogP contribution in [-0.4, -0.2) is 49.1 Å². The lowest BCUT2D eigenvalue weighted by molar-refractivity contribution is 0.0816. The fraction of sp³-hybridized carbons (Fsp3) is 0.158. The second-order valence-electron chi connectivity index (χ2n) is 6.40. The van der Waals surface area contributed by atoms with E-state index in [-0.39, 0.29) is 13.2 Å². The largest absolute Gasteiger partial charge is 0.352 e. The number of nitrogens with one attached hydrogen (secondary N) is 2. The van der Waals surface area contributed by atoms with Gasteiger partial charge >= 0.3 is 6.03 Å². The summed E-state index contributed by atoms with van der Waals surface area (Å²) in [6, 6.07) is 9.32. The first kappa shape index (κ1) is 19.2. The highest BCUT2D eigenvalue weighted by molar-refractivity contribution is 5.79. The molecule has 0 unspecified atom stereocenters. The molecule has 152 valence electrons. The molecule has 2 amide bonds. The van der Waals surface area contributed by atoms with Crippen molar-refractivity contribution in [1.82, 2.24) is 40.7 Å². The molecule has 0 aliphatic rings. The third-order valence-corrected chi connectivity index (χ3v) is 4.24. The molecule has 0 saturated carbocycles. The number of carbonyl (C=O) groups excluding carboxylic acids is 1. The first-order valence-corrected chi connectivity index (χ1v) is 9.10. The van der Waals surface area contributed by atoms with Crippen molar-refractivity contribution in [3.05, 3.63) is 60.6 Å². The van der Waals surface area contributed by atoms with Crippen LogP contribution in [0.5, 0.6) is 0 Å². The Morgan fingerprint density at radius 2 is 2.17 bits per heavy atom. The van der Waals surface area contributed by atoms with Gasteiger partial charge < -0.3 is 11.1 Å². The average molecular weight is 405 g/mol. The molecule has 0 atom stereocenters. The summed E-state index contributed by atoms with van der Waals surface area (Å²) >= 11 is 0. The summed E-state index contributed by atoms with van der Waals surface area (Å²) in [4.78, 5) is 29.0. The fourth-order valence-corrected chi connectivity index (χ4v) is 2.82. The maximum absolute atomic E-state index is 10.6. The summed E-state index contributed by atoms with van der Waals surface area (Å²) in [5, 5.41) is 11.7. The van der Waals surface area contributed by atoms with Gasteiger partial charge in [0.2, 0.25) is 5.65 Å². The van der Waals surface area contributed by atoms with E-state index >= 15 is 0 Å². The number of pyridine rings is 1. The van der Waals surface area contributed by atoms with Gasteiger partial charge in [0.15, 0.2) is 5.65 Å². The van der Waals surface area contributed by atoms with E-state index in [1.165, 1.54) is 6.20 Å². The van der Waals surface area contributed by atoms with Gasteiger partial charge in [0.25, 0.3) is 0 Å². The van der Waals surface area contributed by atoms with Crippen molar-refractivity contribution in [3.63, 3.8) is 0 Å². The number of fused-ring (bicyclic) bond motifs is 2. The van der Waals surface area contributed by atoms with E-state index in [4.69, 9.17) is 10.6 Å². The van der Waals surface area contributed by atoms with Gasteiger partial charge in [-0.05, 0) is 23.8 Å². The molecule has 1 aromatic carbocycles. The SMILES string of the molecule is C=C(NOCCNC(N)=O)c1cnc2nnn(Cc3ccc4ncccc4c3)c2n1. The van der Waals surface area contributed by atoms with Crippen LogP contribution in [0, 0.1) is 0 Å². The molecule has 0 aliphatic carbocycles. The van der Waals surface area contributed by atoms with Crippen LogP contribution in [0.4, 0.5) is 4.79 Å². The Kier molecular flexibility index (Phi) is 5.44. The molecule has 4 aromatic rings. The molecule has 0 aliphatic heterocycles. The fourth-order valence-electron chi connectivity index (χ4n) is 2.82. The standard InChI is InChI=1S/C19H19N9O2/c1-12(26-30-8-7-22-19(20)29)16-10-23-17-18(24-16)28(27-25-17)11-13-4-5-15-14(9-13)3-2-6-21-15/h2-6,9-10,26H,1,7-8,11H2,(H3,20,22,29). The Bertz CT molecular complexity index is 1220. The summed E-state index contributed by atoms with van der Waals surface area (Å²) in [7, 11) is 0. The van der Waals surface area contributed by atoms with E-state index in [0.717, 1.165) is 16.5 Å². The number of primary amides is 1. The molecular formula is C19H19N9O2. The lowest BCUT2D eigenvalue weighted by atomic mass is 10.1. The molecular weight excluding hydrogens is 386 g/mol. The summed E-state index contributed by atoms with van der Waals surface area (Å²) in [6.45, 7) is 4.83. The number of hydrogen-bond donors (Lipinski definition) is 3. The van der Waals surface area contributed by atoms with E-state index in [2.05, 4.69) is 48.7 Å². The summed E-state index contributed by atoms with van der Waals surface area (Å²) in [5.74, 6) is 0. The molecule has 0 fully saturated rings. The minimum absolute atomic E-state index is 0.202. The Hall–Kier alpha value is -4.12. The van der Waals surface area contributed by atoms with Crippen molar-refractivity contribution in [2.45, 2.75) is 6.54 Å². The zero-order valence-corrected chi connectivity index (χ0v) is 15.9. The van der Waals surface area contributed by atoms with E-state index in [1.807, 2.05) is 24.3 Å². The Morgan fingerprint density at radius 1 is 1.27 bits per heavy atom. The highest BCUT2D eigenvalue weighted by Crippen LogP contribution is 2.16. The third kappa shape index (κ3) is 4.31. The maximum atomic E-state index is 10.6. The molecule has 0 bridgehead atoms. The van der Waals surface area contributed by atoms with Crippen LogP contribution < -0.4 is 16.5 Å². The van der Waals surface area contributed by atoms with Crippen molar-refractivity contribution in [1.29, 1.82) is 0 Å². The number of benzene rings is 1. The van der Waals surface area contributed by atoms with Gasteiger partial charge in [-0.1, -0.05) is 23.9 Å². The molecule has 4 rings (SSSR count). The van der Waals surface area contributed by atoms with Gasteiger partial charge in [-0.2, -0.15) is 0 Å². The average Bonchev–Trinajstić information content (AvgIpc) is 3.15. The summed E-state index contributed by atoms with van der Waals surface area (Å²) in [6.07, 6.45) is 3.30. The van der Waals surface area contributed by atoms with Gasteiger partial charge in [0, 0.05) is 18.1 Å². The van der Waals surface area contributed by atoms with Crippen molar-refractivity contribution in [2.75, 3.05) is 13.2 Å². The number of nitrogens with two attached hydrogens (primary N) is 1. The minimum atomic E-state index is -0.614. The topological polar surface area (TPSA) is 146 Å². The van der Waals surface area contributed by atoms with Crippen LogP contribution in [-0.2, 0) is 11.4 Å². The molecule has 11 nitrogen and oxygen atoms in total. The molecule has 30 heavy (non-hydrogen) atoms. The van der Waals surface area contributed by atoms with Crippen LogP contribution in [0.2, 0.25) is 0 Å². The highest BCUT2D eigenvalue weighted by Gasteiger charge is 2.11. The summed E-state index contributed by atoms with van der Waals surface area (Å²) < 4.78 is 1.67. The molecule has 3 aromatic heterocycles. The normalized spacial score (nSPS) is 10.9. The first-order valence-electron chi connectivity index (χ1n) is 9.10. The van der Waals surface area contributed by atoms with Crippen LogP contribution in [0.15, 0.2) is 49.3 Å². The first-order chi connectivity index (χ1) is 14.6. The van der Waals surface area contributed by atoms with Crippen molar-refractivity contribution >= 4 is 33.9 Å². The van der Waals surface area contributed by atoms with E-state index in [9.17, 15) is 4.79 Å². The molecule has 3 heterocycles. The minimum Gasteiger partial charge on any atom is -0.352 e. The zero-order valence-electron chi connectivity index (χ0n) is 15.9. The number of hydrogen-bond acceptors (Lipinski definition) is 8. The Balaban J connectivity index is 1.48. The predicted molar refractivity (Wildman–Crippen MR) is 110 cm³/mol. The van der Waals surface area contributed by atoms with Crippen LogP contribution in [0.3, 0.4) is 0 Å². The second-order valence-corrected chi connectivity index (χ2v) is 6.40. The van der Waals surface area contributed by atoms with Gasteiger partial charge in [-0.15, -0.1) is 5.10 Å². The van der Waals surface area contributed by atoms with Crippen molar-refractivity contribution in [2.24, 2.45) is 5.73 Å². The number of rotatable bonds is 8. The van der Waals surface area contributed by atoms with Gasteiger partial charge in [-0.25, -0.2) is 19.4 Å². The molecule has 0 radical (unpaired) electrons. The monoisotopic (exact) mass is 405 g/mol. The number of amides is 2. The van der Waals surface area contributed by atoms with E-state index in [1.54, 1.807) is 10.9 Å². The van der Waals surface area contributed by atoms with Crippen molar-refractivity contribution in [3.8, 4) is 0 Å². The molecule has 4 N–H and O–H groups in total. The Morgan fingerprint density at radius 3 is 3.03 bits per heavy atom. The summed E-state index contributed by atoms with van der Waals surface area (Å²) in [5.41, 5.74) is 11.5. The Labute approximate surface area is 170 Å². The van der Waals surface area contributed by atoms with E-state index in [0.29, 0.717) is 29.2 Å². The number of hydroxylamine groups is 1. The second kappa shape index (κ2) is 8.49. The number of urea groups is 1. The highest BCUT2D eigenvalue weighted by atomic mass is 16.6. The molecule has 0 spiro atoms. The smallest absolute Gasteiger partial charge is 0.312 e. The lowest BCUT2D eigenvalue weighted by Gasteiger charge is -2.09. The van der Waals surface area contributed by atoms with E-state index < -0.39 is 6.03 Å². The predicted octanol–water partition coefficient (Wildman–Crippen LogP) is 0.978. The van der Waals surface area contributed by atoms with Crippen LogP contribution in [0.1, 0.15) is 11.3 Å². The number of nitrogens with zero attached hydrogens (tertiary/aromatic N) is 6. The quantitative estimate of drug-likeness (QED) is 0.290. The zero-order chi connectivity index (χ0) is 20.9. The number of carbonyl (C=O) groups is 1. The number of aromatic nitrogens is 6. The lowest BCUT2D eigenvalue weighted by Crippen LogP contribution is -2.33.